The lowest BCUT2D eigenvalue weighted by Crippen LogP contribution is -2.05. The van der Waals surface area contributed by atoms with Crippen molar-refractivity contribution >= 4 is 11.6 Å². The van der Waals surface area contributed by atoms with Gasteiger partial charge in [0, 0.05) is 11.6 Å². The van der Waals surface area contributed by atoms with Crippen LogP contribution in [0.5, 0.6) is 11.5 Å². The van der Waals surface area contributed by atoms with Gasteiger partial charge >= 0.3 is 0 Å². The minimum absolute atomic E-state index is 0.804. The summed E-state index contributed by atoms with van der Waals surface area (Å²) < 4.78 is 6.03. The number of hydrogen-bond donors (Lipinski definition) is 1. The van der Waals surface area contributed by atoms with Gasteiger partial charge in [0.05, 0.1) is 0 Å². The number of aryl methyl sites for hydroxylation is 3. The van der Waals surface area contributed by atoms with Gasteiger partial charge in [0.25, 0.3) is 0 Å². The predicted octanol–water partition coefficient (Wildman–Crippen LogP) is 4.78. The molecular formula is C17H20ClNO. The van der Waals surface area contributed by atoms with E-state index in [0.717, 1.165) is 39.8 Å². The number of benzene rings is 2. The van der Waals surface area contributed by atoms with Crippen LogP contribution in [0.25, 0.3) is 0 Å². The Hall–Kier alpha value is -1.51. The highest BCUT2D eigenvalue weighted by Crippen LogP contribution is 2.31. The molecule has 20 heavy (non-hydrogen) atoms. The quantitative estimate of drug-likeness (QED) is 0.875. The first kappa shape index (κ1) is 14.9. The summed E-state index contributed by atoms with van der Waals surface area (Å²) in [5.74, 6) is 1.72. The third kappa shape index (κ3) is 3.33. The average Bonchev–Trinajstić information content (AvgIpc) is 2.40. The summed E-state index contributed by atoms with van der Waals surface area (Å²) in [6.45, 7) is 6.86. The van der Waals surface area contributed by atoms with Crippen molar-refractivity contribution in [3.05, 3.63) is 57.6 Å². The van der Waals surface area contributed by atoms with Crippen molar-refractivity contribution in [2.75, 3.05) is 7.05 Å². The van der Waals surface area contributed by atoms with Crippen LogP contribution in [0, 0.1) is 20.8 Å². The predicted molar refractivity (Wildman–Crippen MR) is 84.9 cm³/mol. The molecule has 0 unspecified atom stereocenters. The van der Waals surface area contributed by atoms with Crippen molar-refractivity contribution in [3.8, 4) is 11.5 Å². The van der Waals surface area contributed by atoms with Crippen molar-refractivity contribution in [1.29, 1.82) is 0 Å². The highest BCUT2D eigenvalue weighted by Gasteiger charge is 2.07. The van der Waals surface area contributed by atoms with Crippen LogP contribution in [-0.2, 0) is 6.54 Å². The van der Waals surface area contributed by atoms with E-state index in [4.69, 9.17) is 16.3 Å². The highest BCUT2D eigenvalue weighted by molar-refractivity contribution is 6.32. The van der Waals surface area contributed by atoms with Crippen LogP contribution in [0.15, 0.2) is 30.3 Å². The van der Waals surface area contributed by atoms with Gasteiger partial charge in [-0.05, 0) is 68.3 Å². The van der Waals surface area contributed by atoms with E-state index >= 15 is 0 Å². The van der Waals surface area contributed by atoms with Crippen LogP contribution < -0.4 is 10.1 Å². The second-order valence-corrected chi connectivity index (χ2v) is 5.48. The minimum Gasteiger partial charge on any atom is -0.457 e. The maximum absolute atomic E-state index is 6.19. The normalized spacial score (nSPS) is 10.7. The van der Waals surface area contributed by atoms with E-state index in [0.29, 0.717) is 0 Å². The molecule has 0 saturated heterocycles. The summed E-state index contributed by atoms with van der Waals surface area (Å²) in [5, 5.41) is 3.95. The minimum atomic E-state index is 0.804. The largest absolute Gasteiger partial charge is 0.457 e. The molecule has 0 fully saturated rings. The lowest BCUT2D eigenvalue weighted by molar-refractivity contribution is 0.477. The molecule has 0 saturated carbocycles. The second kappa shape index (κ2) is 6.29. The molecule has 0 heterocycles. The summed E-state index contributed by atoms with van der Waals surface area (Å²) in [4.78, 5) is 0. The second-order valence-electron chi connectivity index (χ2n) is 5.10. The smallest absolute Gasteiger partial charge is 0.130 e. The monoisotopic (exact) mass is 289 g/mol. The number of halogens is 1. The first-order valence-electron chi connectivity index (χ1n) is 6.70. The van der Waals surface area contributed by atoms with E-state index in [1.54, 1.807) is 0 Å². The van der Waals surface area contributed by atoms with E-state index in [1.165, 1.54) is 5.56 Å². The Morgan fingerprint density at radius 1 is 1.00 bits per heavy atom. The zero-order chi connectivity index (χ0) is 14.7. The molecule has 2 aromatic rings. The molecule has 0 radical (unpaired) electrons. The summed E-state index contributed by atoms with van der Waals surface area (Å²) in [6, 6.07) is 10.2. The fraction of sp³-hybridized carbons (Fsp3) is 0.294. The summed E-state index contributed by atoms with van der Waals surface area (Å²) in [7, 11) is 1.94. The van der Waals surface area contributed by atoms with Crippen LogP contribution in [-0.4, -0.2) is 7.05 Å². The molecule has 2 rings (SSSR count). The van der Waals surface area contributed by atoms with E-state index in [1.807, 2.05) is 40.0 Å². The zero-order valence-corrected chi connectivity index (χ0v) is 13.1. The van der Waals surface area contributed by atoms with Crippen molar-refractivity contribution in [2.24, 2.45) is 0 Å². The molecule has 3 heteroatoms. The van der Waals surface area contributed by atoms with E-state index in [2.05, 4.69) is 23.5 Å². The number of rotatable bonds is 4. The highest BCUT2D eigenvalue weighted by atomic mass is 35.5. The molecule has 0 aliphatic rings. The third-order valence-corrected chi connectivity index (χ3v) is 3.87. The van der Waals surface area contributed by atoms with Gasteiger partial charge in [-0.3, -0.25) is 0 Å². The Morgan fingerprint density at radius 3 is 2.25 bits per heavy atom. The topological polar surface area (TPSA) is 21.3 Å². The van der Waals surface area contributed by atoms with E-state index in [-0.39, 0.29) is 0 Å². The lowest BCUT2D eigenvalue weighted by Gasteiger charge is -2.13. The molecular weight excluding hydrogens is 270 g/mol. The Kier molecular flexibility index (Phi) is 4.69. The Balaban J connectivity index is 2.32. The Morgan fingerprint density at radius 2 is 1.65 bits per heavy atom. The molecule has 0 aliphatic carbocycles. The molecule has 0 amide bonds. The van der Waals surface area contributed by atoms with Crippen molar-refractivity contribution in [2.45, 2.75) is 27.3 Å². The molecule has 0 spiro atoms. The Labute approximate surface area is 125 Å². The summed E-state index contributed by atoms with van der Waals surface area (Å²) >= 11 is 6.19. The maximum Gasteiger partial charge on any atom is 0.130 e. The van der Waals surface area contributed by atoms with Crippen molar-refractivity contribution in [3.63, 3.8) is 0 Å². The zero-order valence-electron chi connectivity index (χ0n) is 12.4. The van der Waals surface area contributed by atoms with Crippen LogP contribution in [0.1, 0.15) is 22.3 Å². The Bertz CT molecular complexity index is 599. The fourth-order valence-electron chi connectivity index (χ4n) is 2.16. The molecule has 0 bridgehead atoms. The van der Waals surface area contributed by atoms with Crippen LogP contribution in [0.3, 0.4) is 0 Å². The van der Waals surface area contributed by atoms with Crippen LogP contribution in [0.2, 0.25) is 5.02 Å². The SMILES string of the molecule is CNCc1ccc(C)c(Oc2cc(C)c(Cl)c(C)c2)c1. The average molecular weight is 290 g/mol. The number of ether oxygens (including phenoxy) is 1. The molecule has 0 atom stereocenters. The van der Waals surface area contributed by atoms with Crippen molar-refractivity contribution < 1.29 is 4.74 Å². The standard InChI is InChI=1S/C17H20ClNO/c1-11-5-6-14(10-19-4)9-16(11)20-15-7-12(2)17(18)13(3)8-15/h5-9,19H,10H2,1-4H3. The lowest BCUT2D eigenvalue weighted by atomic mass is 10.1. The van der Waals surface area contributed by atoms with Gasteiger partial charge < -0.3 is 10.1 Å². The van der Waals surface area contributed by atoms with Crippen LogP contribution >= 0.6 is 11.6 Å². The molecule has 2 aromatic carbocycles. The van der Waals surface area contributed by atoms with Gasteiger partial charge in [-0.1, -0.05) is 23.7 Å². The first-order valence-corrected chi connectivity index (χ1v) is 7.08. The first-order chi connectivity index (χ1) is 9.51. The number of nitrogens with one attached hydrogen (secondary N) is 1. The van der Waals surface area contributed by atoms with E-state index in [9.17, 15) is 0 Å². The van der Waals surface area contributed by atoms with E-state index < -0.39 is 0 Å². The van der Waals surface area contributed by atoms with Gasteiger partial charge in [0.2, 0.25) is 0 Å². The van der Waals surface area contributed by atoms with Gasteiger partial charge in [-0.2, -0.15) is 0 Å². The maximum atomic E-state index is 6.19. The number of hydrogen-bond acceptors (Lipinski definition) is 2. The van der Waals surface area contributed by atoms with Gasteiger partial charge in [-0.25, -0.2) is 0 Å². The van der Waals surface area contributed by atoms with Crippen LogP contribution in [0.4, 0.5) is 0 Å². The van der Waals surface area contributed by atoms with Crippen molar-refractivity contribution in [1.82, 2.24) is 5.32 Å². The fourth-order valence-corrected chi connectivity index (χ4v) is 2.27. The van der Waals surface area contributed by atoms with Gasteiger partial charge in [0.1, 0.15) is 11.5 Å². The molecule has 0 aliphatic heterocycles. The van der Waals surface area contributed by atoms with Gasteiger partial charge in [-0.15, -0.1) is 0 Å². The molecule has 2 nitrogen and oxygen atoms in total. The molecule has 0 aromatic heterocycles. The van der Waals surface area contributed by atoms with Gasteiger partial charge in [0.15, 0.2) is 0 Å². The molecule has 1 N–H and O–H groups in total. The molecule has 106 valence electrons. The summed E-state index contributed by atoms with van der Waals surface area (Å²) in [5.41, 5.74) is 4.39. The third-order valence-electron chi connectivity index (χ3n) is 3.27. The summed E-state index contributed by atoms with van der Waals surface area (Å²) in [6.07, 6.45) is 0.